The van der Waals surface area contributed by atoms with Crippen LogP contribution in [-0.2, 0) is 9.59 Å². The van der Waals surface area contributed by atoms with Gasteiger partial charge in [-0.15, -0.1) is 0 Å². The molecule has 1 heterocycles. The van der Waals surface area contributed by atoms with Crippen molar-refractivity contribution in [3.63, 3.8) is 0 Å². The first-order valence-electron chi connectivity index (χ1n) is 6.60. The number of amides is 3. The Kier molecular flexibility index (Phi) is 3.64. The van der Waals surface area contributed by atoms with Crippen LogP contribution < -0.4 is 10.6 Å². The average molecular weight is 269 g/mol. The Hall–Kier alpha value is -1.79. The van der Waals surface area contributed by atoms with E-state index in [0.717, 1.165) is 6.42 Å². The number of piperazine rings is 1. The zero-order chi connectivity index (χ0) is 14.0. The summed E-state index contributed by atoms with van der Waals surface area (Å²) in [6.07, 6.45) is 2.21. The number of carboxylic acids is 1. The fourth-order valence-corrected chi connectivity index (χ4v) is 2.56. The number of hydrogen-bond acceptors (Lipinski definition) is 3. The molecule has 7 nitrogen and oxygen atoms in total. The molecule has 0 aromatic heterocycles. The standard InChI is InChI=1S/C12H19N3O4/c1-2-8-9(16)13-6-7-15(8)11(19)14-12(10(17)18)4-3-5-12/h8H,2-7H2,1H3,(H,13,16)(H,14,19)(H,17,18). The maximum Gasteiger partial charge on any atom is 0.329 e. The number of nitrogens with one attached hydrogen (secondary N) is 2. The van der Waals surface area contributed by atoms with Crippen LogP contribution in [0.25, 0.3) is 0 Å². The predicted octanol–water partition coefficient (Wildman–Crippen LogP) is -0.0863. The highest BCUT2D eigenvalue weighted by atomic mass is 16.4. The summed E-state index contributed by atoms with van der Waals surface area (Å²) in [7, 11) is 0. The summed E-state index contributed by atoms with van der Waals surface area (Å²) in [5, 5.41) is 14.5. The molecule has 19 heavy (non-hydrogen) atoms. The van der Waals surface area contributed by atoms with Crippen molar-refractivity contribution in [3.8, 4) is 0 Å². The molecule has 2 fully saturated rings. The lowest BCUT2D eigenvalue weighted by atomic mass is 9.77. The zero-order valence-corrected chi connectivity index (χ0v) is 10.9. The van der Waals surface area contributed by atoms with Gasteiger partial charge in [-0.3, -0.25) is 4.79 Å². The number of carbonyl (C=O) groups excluding carboxylic acids is 2. The van der Waals surface area contributed by atoms with Crippen LogP contribution in [0.4, 0.5) is 4.79 Å². The fourth-order valence-electron chi connectivity index (χ4n) is 2.56. The van der Waals surface area contributed by atoms with Crippen LogP contribution in [-0.4, -0.2) is 52.6 Å². The molecule has 1 atom stereocenters. The van der Waals surface area contributed by atoms with Crippen molar-refractivity contribution in [1.82, 2.24) is 15.5 Å². The van der Waals surface area contributed by atoms with Crippen LogP contribution in [0.2, 0.25) is 0 Å². The van der Waals surface area contributed by atoms with Crippen LogP contribution in [0.1, 0.15) is 32.6 Å². The Morgan fingerprint density at radius 1 is 1.53 bits per heavy atom. The summed E-state index contributed by atoms with van der Waals surface area (Å²) in [5.74, 6) is -1.18. The molecule has 1 saturated carbocycles. The normalized spacial score (nSPS) is 25.2. The van der Waals surface area contributed by atoms with Crippen molar-refractivity contribution >= 4 is 17.9 Å². The van der Waals surface area contributed by atoms with Gasteiger partial charge in [0.25, 0.3) is 0 Å². The van der Waals surface area contributed by atoms with Gasteiger partial charge in [0.2, 0.25) is 5.91 Å². The molecule has 0 aromatic rings. The van der Waals surface area contributed by atoms with Gasteiger partial charge < -0.3 is 20.6 Å². The quantitative estimate of drug-likeness (QED) is 0.667. The molecule has 106 valence electrons. The second-order valence-corrected chi connectivity index (χ2v) is 5.08. The van der Waals surface area contributed by atoms with E-state index in [2.05, 4.69) is 10.6 Å². The molecule has 1 unspecified atom stereocenters. The van der Waals surface area contributed by atoms with Gasteiger partial charge in [-0.05, 0) is 25.7 Å². The van der Waals surface area contributed by atoms with Crippen molar-refractivity contribution in [2.75, 3.05) is 13.1 Å². The van der Waals surface area contributed by atoms with E-state index in [9.17, 15) is 19.5 Å². The lowest BCUT2D eigenvalue weighted by Crippen LogP contribution is -2.66. The number of nitrogens with zero attached hydrogens (tertiary/aromatic N) is 1. The molecule has 0 aromatic carbocycles. The molecule has 3 N–H and O–H groups in total. The highest BCUT2D eigenvalue weighted by Gasteiger charge is 2.47. The monoisotopic (exact) mass is 269 g/mol. The van der Waals surface area contributed by atoms with Crippen molar-refractivity contribution in [2.24, 2.45) is 0 Å². The maximum absolute atomic E-state index is 12.2. The second-order valence-electron chi connectivity index (χ2n) is 5.08. The Morgan fingerprint density at radius 2 is 2.21 bits per heavy atom. The molecule has 2 aliphatic rings. The highest BCUT2D eigenvalue weighted by molar-refractivity contribution is 5.91. The third kappa shape index (κ3) is 2.36. The molecule has 7 heteroatoms. The molecule has 1 saturated heterocycles. The van der Waals surface area contributed by atoms with E-state index in [1.807, 2.05) is 6.92 Å². The summed E-state index contributed by atoms with van der Waals surface area (Å²) in [4.78, 5) is 36.5. The number of rotatable bonds is 3. The minimum atomic E-state index is -1.14. The zero-order valence-electron chi connectivity index (χ0n) is 10.9. The first-order valence-corrected chi connectivity index (χ1v) is 6.60. The SMILES string of the molecule is CCC1C(=O)NCCN1C(=O)NC1(C(=O)O)CCC1. The highest BCUT2D eigenvalue weighted by Crippen LogP contribution is 2.32. The first-order chi connectivity index (χ1) is 9.00. The molecule has 2 rings (SSSR count). The summed E-state index contributed by atoms with van der Waals surface area (Å²) >= 11 is 0. The van der Waals surface area contributed by atoms with Gasteiger partial charge in [0.05, 0.1) is 0 Å². The molecule has 0 radical (unpaired) electrons. The van der Waals surface area contributed by atoms with Gasteiger partial charge in [-0.2, -0.15) is 0 Å². The van der Waals surface area contributed by atoms with E-state index >= 15 is 0 Å². The second kappa shape index (κ2) is 5.07. The Bertz CT molecular complexity index is 406. The maximum atomic E-state index is 12.2. The van der Waals surface area contributed by atoms with Gasteiger partial charge in [0.15, 0.2) is 0 Å². The number of carboxylic acid groups (broad SMARTS) is 1. The fraction of sp³-hybridized carbons (Fsp3) is 0.750. The Balaban J connectivity index is 2.06. The van der Waals surface area contributed by atoms with E-state index in [4.69, 9.17) is 0 Å². The van der Waals surface area contributed by atoms with E-state index < -0.39 is 23.6 Å². The van der Waals surface area contributed by atoms with Crippen LogP contribution in [0, 0.1) is 0 Å². The lowest BCUT2D eigenvalue weighted by molar-refractivity contribution is -0.148. The van der Waals surface area contributed by atoms with Crippen LogP contribution in [0.15, 0.2) is 0 Å². The number of urea groups is 1. The van der Waals surface area contributed by atoms with Gasteiger partial charge in [0.1, 0.15) is 11.6 Å². The molecule has 1 aliphatic heterocycles. The van der Waals surface area contributed by atoms with Gasteiger partial charge in [-0.25, -0.2) is 9.59 Å². The smallest absolute Gasteiger partial charge is 0.329 e. The summed E-state index contributed by atoms with van der Waals surface area (Å²) in [5.41, 5.74) is -1.14. The van der Waals surface area contributed by atoms with Crippen LogP contribution >= 0.6 is 0 Å². The third-order valence-corrected chi connectivity index (χ3v) is 3.94. The summed E-state index contributed by atoms with van der Waals surface area (Å²) in [6.45, 7) is 2.64. The van der Waals surface area contributed by atoms with Crippen molar-refractivity contribution in [2.45, 2.75) is 44.2 Å². The average Bonchev–Trinajstić information content (AvgIpc) is 2.32. The minimum absolute atomic E-state index is 0.179. The van der Waals surface area contributed by atoms with Crippen LogP contribution in [0.5, 0.6) is 0 Å². The van der Waals surface area contributed by atoms with Crippen LogP contribution in [0.3, 0.4) is 0 Å². The Labute approximate surface area is 111 Å². The predicted molar refractivity (Wildman–Crippen MR) is 66.5 cm³/mol. The van der Waals surface area contributed by atoms with Gasteiger partial charge >= 0.3 is 12.0 Å². The Morgan fingerprint density at radius 3 is 2.68 bits per heavy atom. The number of carbonyl (C=O) groups is 3. The van der Waals surface area contributed by atoms with Crippen molar-refractivity contribution < 1.29 is 19.5 Å². The van der Waals surface area contributed by atoms with Crippen molar-refractivity contribution in [1.29, 1.82) is 0 Å². The molecule has 1 aliphatic carbocycles. The lowest BCUT2D eigenvalue weighted by Gasteiger charge is -2.42. The minimum Gasteiger partial charge on any atom is -0.480 e. The first kappa shape index (κ1) is 13.6. The van der Waals surface area contributed by atoms with E-state index in [-0.39, 0.29) is 5.91 Å². The molecule has 0 bridgehead atoms. The van der Waals surface area contributed by atoms with Crippen molar-refractivity contribution in [3.05, 3.63) is 0 Å². The third-order valence-electron chi connectivity index (χ3n) is 3.94. The van der Waals surface area contributed by atoms with E-state index in [1.54, 1.807) is 0 Å². The largest absolute Gasteiger partial charge is 0.480 e. The number of hydrogen-bond donors (Lipinski definition) is 3. The molecular weight excluding hydrogens is 250 g/mol. The van der Waals surface area contributed by atoms with Gasteiger partial charge in [0, 0.05) is 13.1 Å². The van der Waals surface area contributed by atoms with Gasteiger partial charge in [-0.1, -0.05) is 6.92 Å². The molecule has 3 amide bonds. The van der Waals surface area contributed by atoms with E-state index in [0.29, 0.717) is 32.4 Å². The molecular formula is C12H19N3O4. The summed E-state index contributed by atoms with van der Waals surface area (Å²) in [6, 6.07) is -0.969. The topological polar surface area (TPSA) is 98.7 Å². The number of aliphatic carboxylic acids is 1. The summed E-state index contributed by atoms with van der Waals surface area (Å²) < 4.78 is 0. The van der Waals surface area contributed by atoms with E-state index in [1.165, 1.54) is 4.90 Å². The molecule has 0 spiro atoms.